The predicted octanol–water partition coefficient (Wildman–Crippen LogP) is 3.07. The second-order valence-corrected chi connectivity index (χ2v) is 6.68. The molecular formula is C16H25N3O. The molecule has 0 radical (unpaired) electrons. The average molecular weight is 275 g/mol. The maximum absolute atomic E-state index is 12.3. The summed E-state index contributed by atoms with van der Waals surface area (Å²) in [5, 5.41) is 6.30. The molecule has 0 bridgehead atoms. The minimum absolute atomic E-state index is 0.0891. The van der Waals surface area contributed by atoms with Crippen molar-refractivity contribution < 1.29 is 4.79 Å². The first-order valence-electron chi connectivity index (χ1n) is 7.32. The molecule has 0 unspecified atom stereocenters. The van der Waals surface area contributed by atoms with Gasteiger partial charge in [-0.3, -0.25) is 4.79 Å². The van der Waals surface area contributed by atoms with Gasteiger partial charge in [-0.15, -0.1) is 0 Å². The third-order valence-corrected chi connectivity index (χ3v) is 4.83. The van der Waals surface area contributed by atoms with Crippen molar-refractivity contribution in [1.82, 2.24) is 10.3 Å². The summed E-state index contributed by atoms with van der Waals surface area (Å²) in [7, 11) is 0. The van der Waals surface area contributed by atoms with E-state index in [0.717, 1.165) is 18.8 Å². The molecule has 1 aliphatic carbocycles. The third kappa shape index (κ3) is 2.51. The number of carbonyl (C=O) groups excluding carboxylic acids is 1. The van der Waals surface area contributed by atoms with Gasteiger partial charge in [-0.25, -0.2) is 4.98 Å². The first kappa shape index (κ1) is 14.8. The molecule has 1 fully saturated rings. The molecule has 4 nitrogen and oxygen atoms in total. The molecule has 1 aromatic rings. The molecule has 0 spiro atoms. The van der Waals surface area contributed by atoms with Gasteiger partial charge in [-0.1, -0.05) is 40.7 Å². The highest BCUT2D eigenvalue weighted by Crippen LogP contribution is 2.62. The van der Waals surface area contributed by atoms with Crippen molar-refractivity contribution in [2.45, 2.75) is 47.1 Å². The van der Waals surface area contributed by atoms with Crippen LogP contribution in [0.5, 0.6) is 0 Å². The lowest BCUT2D eigenvalue weighted by Gasteiger charge is -2.08. The van der Waals surface area contributed by atoms with Crippen LogP contribution in [0.3, 0.4) is 0 Å². The van der Waals surface area contributed by atoms with Gasteiger partial charge < -0.3 is 10.6 Å². The highest BCUT2D eigenvalue weighted by molar-refractivity contribution is 5.93. The standard InChI is InChI=1S/C16H25N3O/c1-6-10-17-12-9-7-8-11(18-12)13(20)19-14-15(2,3)16(14,4)5/h7-9,14H,6,10H2,1-5H3,(H,17,18)(H,19,20). The Morgan fingerprint density at radius 2 is 1.90 bits per heavy atom. The van der Waals surface area contributed by atoms with E-state index in [1.54, 1.807) is 6.07 Å². The van der Waals surface area contributed by atoms with Crippen LogP contribution in [0.2, 0.25) is 0 Å². The number of hydrogen-bond acceptors (Lipinski definition) is 3. The number of nitrogens with zero attached hydrogens (tertiary/aromatic N) is 1. The molecule has 0 saturated heterocycles. The van der Waals surface area contributed by atoms with Crippen LogP contribution in [0.25, 0.3) is 0 Å². The molecule has 20 heavy (non-hydrogen) atoms. The van der Waals surface area contributed by atoms with Crippen LogP contribution in [-0.2, 0) is 0 Å². The molecule has 1 aliphatic rings. The molecule has 2 N–H and O–H groups in total. The number of hydrogen-bond donors (Lipinski definition) is 2. The number of anilines is 1. The lowest BCUT2D eigenvalue weighted by molar-refractivity contribution is 0.0938. The minimum Gasteiger partial charge on any atom is -0.370 e. The number of rotatable bonds is 5. The predicted molar refractivity (Wildman–Crippen MR) is 81.8 cm³/mol. The molecule has 0 atom stereocenters. The Bertz CT molecular complexity index is 494. The van der Waals surface area contributed by atoms with Gasteiger partial charge in [0.25, 0.3) is 5.91 Å². The number of pyridine rings is 1. The topological polar surface area (TPSA) is 54.0 Å². The van der Waals surface area contributed by atoms with Crippen molar-refractivity contribution in [3.05, 3.63) is 23.9 Å². The summed E-state index contributed by atoms with van der Waals surface area (Å²) >= 11 is 0. The van der Waals surface area contributed by atoms with Gasteiger partial charge in [-0.2, -0.15) is 0 Å². The molecular weight excluding hydrogens is 250 g/mol. The van der Waals surface area contributed by atoms with Crippen LogP contribution < -0.4 is 10.6 Å². The molecule has 110 valence electrons. The molecule has 1 heterocycles. The lowest BCUT2D eigenvalue weighted by atomic mass is 10.0. The van der Waals surface area contributed by atoms with Gasteiger partial charge in [0.15, 0.2) is 0 Å². The Morgan fingerprint density at radius 1 is 1.25 bits per heavy atom. The highest BCUT2D eigenvalue weighted by atomic mass is 16.2. The van der Waals surface area contributed by atoms with Gasteiger partial charge in [0.05, 0.1) is 0 Å². The van der Waals surface area contributed by atoms with E-state index in [4.69, 9.17) is 0 Å². The zero-order valence-electron chi connectivity index (χ0n) is 13.1. The summed E-state index contributed by atoms with van der Waals surface area (Å²) in [5.41, 5.74) is 0.756. The van der Waals surface area contributed by atoms with Gasteiger partial charge in [0.1, 0.15) is 11.5 Å². The minimum atomic E-state index is -0.0891. The number of amides is 1. The Kier molecular flexibility index (Phi) is 3.76. The number of carbonyl (C=O) groups is 1. The van der Waals surface area contributed by atoms with Crippen LogP contribution in [0.15, 0.2) is 18.2 Å². The summed E-state index contributed by atoms with van der Waals surface area (Å²) in [6.07, 6.45) is 1.03. The van der Waals surface area contributed by atoms with Crippen molar-refractivity contribution in [3.8, 4) is 0 Å². The van der Waals surface area contributed by atoms with Crippen molar-refractivity contribution in [3.63, 3.8) is 0 Å². The molecule has 1 saturated carbocycles. The zero-order chi connectivity index (χ0) is 15.0. The van der Waals surface area contributed by atoms with E-state index in [1.165, 1.54) is 0 Å². The fraction of sp³-hybridized carbons (Fsp3) is 0.625. The Hall–Kier alpha value is -1.58. The summed E-state index contributed by atoms with van der Waals surface area (Å²) in [5.74, 6) is 0.669. The van der Waals surface area contributed by atoms with E-state index in [2.05, 4.69) is 50.2 Å². The zero-order valence-corrected chi connectivity index (χ0v) is 13.1. The SMILES string of the molecule is CCCNc1cccc(C(=O)NC2C(C)(C)C2(C)C)n1. The second-order valence-electron chi connectivity index (χ2n) is 6.68. The van der Waals surface area contributed by atoms with Gasteiger partial charge in [0.2, 0.25) is 0 Å². The first-order valence-corrected chi connectivity index (χ1v) is 7.32. The maximum Gasteiger partial charge on any atom is 0.270 e. The van der Waals surface area contributed by atoms with Crippen molar-refractivity contribution in [2.24, 2.45) is 10.8 Å². The molecule has 2 rings (SSSR count). The van der Waals surface area contributed by atoms with Crippen LogP contribution in [0.1, 0.15) is 51.5 Å². The monoisotopic (exact) mass is 275 g/mol. The lowest BCUT2D eigenvalue weighted by Crippen LogP contribution is -2.30. The van der Waals surface area contributed by atoms with Crippen LogP contribution in [-0.4, -0.2) is 23.5 Å². The summed E-state index contributed by atoms with van der Waals surface area (Å²) in [4.78, 5) is 16.7. The van der Waals surface area contributed by atoms with E-state index < -0.39 is 0 Å². The largest absolute Gasteiger partial charge is 0.370 e. The third-order valence-electron chi connectivity index (χ3n) is 4.83. The second kappa shape index (κ2) is 5.08. The number of aromatic nitrogens is 1. The summed E-state index contributed by atoms with van der Waals surface area (Å²) in [6.45, 7) is 11.7. The average Bonchev–Trinajstić information content (AvgIpc) is 2.79. The Morgan fingerprint density at radius 3 is 2.45 bits per heavy atom. The smallest absolute Gasteiger partial charge is 0.270 e. The van der Waals surface area contributed by atoms with E-state index in [1.807, 2.05) is 12.1 Å². The van der Waals surface area contributed by atoms with E-state index in [0.29, 0.717) is 5.69 Å². The molecule has 0 aliphatic heterocycles. The van der Waals surface area contributed by atoms with E-state index >= 15 is 0 Å². The van der Waals surface area contributed by atoms with Gasteiger partial charge in [0, 0.05) is 12.6 Å². The van der Waals surface area contributed by atoms with Gasteiger partial charge >= 0.3 is 0 Å². The van der Waals surface area contributed by atoms with E-state index in [9.17, 15) is 4.79 Å². The summed E-state index contributed by atoms with van der Waals surface area (Å²) < 4.78 is 0. The molecule has 4 heteroatoms. The Balaban J connectivity index is 2.03. The molecule has 0 aromatic carbocycles. The van der Waals surface area contributed by atoms with Crippen molar-refractivity contribution in [2.75, 3.05) is 11.9 Å². The quantitative estimate of drug-likeness (QED) is 0.868. The van der Waals surface area contributed by atoms with Crippen molar-refractivity contribution in [1.29, 1.82) is 0 Å². The molecule has 1 aromatic heterocycles. The first-order chi connectivity index (χ1) is 9.30. The maximum atomic E-state index is 12.3. The van der Waals surface area contributed by atoms with Crippen LogP contribution >= 0.6 is 0 Å². The number of nitrogens with one attached hydrogen (secondary N) is 2. The van der Waals surface area contributed by atoms with Gasteiger partial charge in [-0.05, 0) is 29.4 Å². The van der Waals surface area contributed by atoms with Crippen LogP contribution in [0.4, 0.5) is 5.82 Å². The summed E-state index contributed by atoms with van der Waals surface area (Å²) in [6, 6.07) is 5.71. The van der Waals surface area contributed by atoms with E-state index in [-0.39, 0.29) is 22.8 Å². The fourth-order valence-electron chi connectivity index (χ4n) is 2.67. The van der Waals surface area contributed by atoms with Crippen LogP contribution in [0, 0.1) is 10.8 Å². The highest BCUT2D eigenvalue weighted by Gasteiger charge is 2.65. The fourth-order valence-corrected chi connectivity index (χ4v) is 2.67. The Labute approximate surface area is 121 Å². The normalized spacial score (nSPS) is 19.4. The molecule has 1 amide bonds. The van der Waals surface area contributed by atoms with Crippen molar-refractivity contribution >= 4 is 11.7 Å².